The Labute approximate surface area is 117 Å². The second-order valence-electron chi connectivity index (χ2n) is 5.04. The van der Waals surface area contributed by atoms with Crippen molar-refractivity contribution in [2.75, 3.05) is 0 Å². The Kier molecular flexibility index (Phi) is 3.34. The molecular formula is C16H14N2O2. The van der Waals surface area contributed by atoms with Crippen molar-refractivity contribution >= 4 is 16.9 Å². The smallest absolute Gasteiger partial charge is 0.339 e. The van der Waals surface area contributed by atoms with Gasteiger partial charge in [0.1, 0.15) is 6.10 Å². The van der Waals surface area contributed by atoms with Gasteiger partial charge >= 0.3 is 5.97 Å². The molecule has 1 aliphatic rings. The van der Waals surface area contributed by atoms with Gasteiger partial charge in [0.15, 0.2) is 0 Å². The molecule has 0 N–H and O–H groups in total. The van der Waals surface area contributed by atoms with Crippen molar-refractivity contribution in [2.45, 2.75) is 25.4 Å². The van der Waals surface area contributed by atoms with Gasteiger partial charge in [-0.15, -0.1) is 0 Å². The van der Waals surface area contributed by atoms with Crippen LogP contribution in [0.3, 0.4) is 0 Å². The first kappa shape index (κ1) is 12.6. The number of esters is 1. The van der Waals surface area contributed by atoms with E-state index < -0.39 is 0 Å². The highest BCUT2D eigenvalue weighted by atomic mass is 16.5. The molecule has 0 bridgehead atoms. The topological polar surface area (TPSA) is 63.0 Å². The van der Waals surface area contributed by atoms with Gasteiger partial charge in [-0.3, -0.25) is 4.98 Å². The molecule has 100 valence electrons. The number of hydrogen-bond donors (Lipinski definition) is 0. The molecule has 0 aliphatic heterocycles. The van der Waals surface area contributed by atoms with Gasteiger partial charge in [-0.25, -0.2) is 4.79 Å². The molecule has 1 heterocycles. The second-order valence-corrected chi connectivity index (χ2v) is 5.04. The fraction of sp³-hybridized carbons (Fsp3) is 0.312. The summed E-state index contributed by atoms with van der Waals surface area (Å²) < 4.78 is 5.52. The quantitative estimate of drug-likeness (QED) is 0.783. The lowest BCUT2D eigenvalue weighted by atomic mass is 10.1. The van der Waals surface area contributed by atoms with Gasteiger partial charge in [0.25, 0.3) is 0 Å². The number of hydrogen-bond acceptors (Lipinski definition) is 4. The normalized spacial score (nSPS) is 21.6. The van der Waals surface area contributed by atoms with E-state index in [1.165, 1.54) is 0 Å². The second kappa shape index (κ2) is 5.30. The number of aromatic nitrogens is 1. The molecule has 0 saturated heterocycles. The lowest BCUT2D eigenvalue weighted by Crippen LogP contribution is -2.15. The minimum atomic E-state index is -0.327. The summed E-state index contributed by atoms with van der Waals surface area (Å²) in [7, 11) is 0. The molecule has 1 fully saturated rings. The van der Waals surface area contributed by atoms with E-state index in [9.17, 15) is 4.79 Å². The highest BCUT2D eigenvalue weighted by Gasteiger charge is 2.28. The van der Waals surface area contributed by atoms with E-state index in [2.05, 4.69) is 11.1 Å². The summed E-state index contributed by atoms with van der Waals surface area (Å²) in [6, 6.07) is 11.3. The molecule has 4 nitrogen and oxygen atoms in total. The Morgan fingerprint density at radius 3 is 3.00 bits per heavy atom. The van der Waals surface area contributed by atoms with Crippen molar-refractivity contribution in [3.8, 4) is 6.07 Å². The van der Waals surface area contributed by atoms with Gasteiger partial charge in [-0.2, -0.15) is 5.26 Å². The standard InChI is InChI=1S/C16H14N2O2/c17-10-11-6-7-12(9-11)20-16(19)14-3-1-5-15-13(14)4-2-8-18-15/h1-5,8,11-12H,6-7,9H2. The van der Waals surface area contributed by atoms with Crippen molar-refractivity contribution in [3.63, 3.8) is 0 Å². The van der Waals surface area contributed by atoms with E-state index in [4.69, 9.17) is 10.00 Å². The van der Waals surface area contributed by atoms with Gasteiger partial charge in [-0.05, 0) is 31.0 Å². The molecule has 2 aromatic rings. The molecule has 0 amide bonds. The van der Waals surface area contributed by atoms with Crippen molar-refractivity contribution in [3.05, 3.63) is 42.1 Å². The molecule has 2 unspecified atom stereocenters. The number of nitrogens with zero attached hydrogens (tertiary/aromatic N) is 2. The van der Waals surface area contributed by atoms with E-state index in [0.29, 0.717) is 12.0 Å². The molecule has 0 radical (unpaired) electrons. The Morgan fingerprint density at radius 2 is 2.20 bits per heavy atom. The molecule has 20 heavy (non-hydrogen) atoms. The zero-order valence-corrected chi connectivity index (χ0v) is 11.0. The molecule has 1 aromatic heterocycles. The molecular weight excluding hydrogens is 252 g/mol. The van der Waals surface area contributed by atoms with Crippen molar-refractivity contribution < 1.29 is 9.53 Å². The molecule has 1 aromatic carbocycles. The molecule has 3 rings (SSSR count). The number of benzene rings is 1. The lowest BCUT2D eigenvalue weighted by molar-refractivity contribution is 0.0315. The van der Waals surface area contributed by atoms with E-state index in [-0.39, 0.29) is 18.0 Å². The van der Waals surface area contributed by atoms with Crippen LogP contribution in [0.1, 0.15) is 29.6 Å². The average molecular weight is 266 g/mol. The fourth-order valence-electron chi connectivity index (χ4n) is 2.66. The predicted octanol–water partition coefficient (Wildman–Crippen LogP) is 3.08. The third-order valence-electron chi connectivity index (χ3n) is 3.71. The van der Waals surface area contributed by atoms with Crippen LogP contribution in [0.25, 0.3) is 10.9 Å². The minimum absolute atomic E-state index is 0.0157. The zero-order chi connectivity index (χ0) is 13.9. The molecule has 1 aliphatic carbocycles. The Bertz CT molecular complexity index is 685. The monoisotopic (exact) mass is 266 g/mol. The van der Waals surface area contributed by atoms with Crippen LogP contribution in [0.5, 0.6) is 0 Å². The Balaban J connectivity index is 1.81. The first-order chi connectivity index (χ1) is 9.78. The maximum absolute atomic E-state index is 12.3. The number of nitriles is 1. The molecule has 1 saturated carbocycles. The van der Waals surface area contributed by atoms with Crippen LogP contribution in [-0.2, 0) is 4.74 Å². The fourth-order valence-corrected chi connectivity index (χ4v) is 2.66. The molecule has 4 heteroatoms. The van der Waals surface area contributed by atoms with Crippen molar-refractivity contribution in [2.24, 2.45) is 5.92 Å². The van der Waals surface area contributed by atoms with Gasteiger partial charge in [-0.1, -0.05) is 12.1 Å². The Hall–Kier alpha value is -2.41. The van der Waals surface area contributed by atoms with Gasteiger partial charge < -0.3 is 4.74 Å². The molecule has 2 atom stereocenters. The number of carbonyl (C=O) groups is 1. The third kappa shape index (κ3) is 2.35. The predicted molar refractivity (Wildman–Crippen MR) is 73.9 cm³/mol. The first-order valence-corrected chi connectivity index (χ1v) is 6.72. The average Bonchev–Trinajstić information content (AvgIpc) is 2.94. The van der Waals surface area contributed by atoms with Gasteiger partial charge in [0.2, 0.25) is 0 Å². The SMILES string of the molecule is N#CC1CCC(OC(=O)c2cccc3ncccc23)C1. The number of pyridine rings is 1. The Morgan fingerprint density at radius 1 is 1.30 bits per heavy atom. The summed E-state index contributed by atoms with van der Waals surface area (Å²) in [5.74, 6) is -0.311. The van der Waals surface area contributed by atoms with Crippen LogP contribution in [-0.4, -0.2) is 17.1 Å². The number of carbonyl (C=O) groups excluding carboxylic acids is 1. The van der Waals surface area contributed by atoms with E-state index in [0.717, 1.165) is 23.7 Å². The van der Waals surface area contributed by atoms with E-state index in [1.807, 2.05) is 12.1 Å². The highest BCUT2D eigenvalue weighted by Crippen LogP contribution is 2.28. The third-order valence-corrected chi connectivity index (χ3v) is 3.71. The maximum Gasteiger partial charge on any atom is 0.339 e. The van der Waals surface area contributed by atoms with Gasteiger partial charge in [0.05, 0.1) is 17.1 Å². The maximum atomic E-state index is 12.3. The van der Waals surface area contributed by atoms with Crippen molar-refractivity contribution in [1.82, 2.24) is 4.98 Å². The first-order valence-electron chi connectivity index (χ1n) is 6.72. The molecule has 0 spiro atoms. The van der Waals surface area contributed by atoms with Crippen molar-refractivity contribution in [1.29, 1.82) is 5.26 Å². The number of fused-ring (bicyclic) bond motifs is 1. The summed E-state index contributed by atoms with van der Waals surface area (Å²) in [4.78, 5) is 16.5. The largest absolute Gasteiger partial charge is 0.459 e. The van der Waals surface area contributed by atoms with E-state index in [1.54, 1.807) is 24.4 Å². The summed E-state index contributed by atoms with van der Waals surface area (Å²) >= 11 is 0. The minimum Gasteiger partial charge on any atom is -0.459 e. The summed E-state index contributed by atoms with van der Waals surface area (Å²) in [6.45, 7) is 0. The van der Waals surface area contributed by atoms with Gasteiger partial charge in [0, 0.05) is 23.9 Å². The van der Waals surface area contributed by atoms with Crippen LogP contribution in [0, 0.1) is 17.2 Å². The summed E-state index contributed by atoms with van der Waals surface area (Å²) in [6.07, 6.45) is 3.79. The number of rotatable bonds is 2. The van der Waals surface area contributed by atoms with E-state index >= 15 is 0 Å². The number of ether oxygens (including phenoxy) is 1. The van der Waals surface area contributed by atoms with Crippen LogP contribution in [0.2, 0.25) is 0 Å². The summed E-state index contributed by atoms with van der Waals surface area (Å²) in [5.41, 5.74) is 1.32. The van der Waals surface area contributed by atoms with Crippen LogP contribution in [0.4, 0.5) is 0 Å². The summed E-state index contributed by atoms with van der Waals surface area (Å²) in [5, 5.41) is 9.68. The van der Waals surface area contributed by atoms with Crippen LogP contribution < -0.4 is 0 Å². The van der Waals surface area contributed by atoms with Crippen LogP contribution in [0.15, 0.2) is 36.5 Å². The lowest BCUT2D eigenvalue weighted by Gasteiger charge is -2.12. The van der Waals surface area contributed by atoms with Crippen LogP contribution >= 0.6 is 0 Å². The highest BCUT2D eigenvalue weighted by molar-refractivity contribution is 6.03. The zero-order valence-electron chi connectivity index (χ0n) is 11.0.